The first-order valence-corrected chi connectivity index (χ1v) is 13.5. The van der Waals surface area contributed by atoms with Gasteiger partial charge in [0.2, 0.25) is 5.91 Å². The molecule has 1 aliphatic rings. The molecular weight excluding hydrogens is 458 g/mol. The van der Waals surface area contributed by atoms with Crippen molar-refractivity contribution in [3.05, 3.63) is 89.2 Å². The van der Waals surface area contributed by atoms with Crippen molar-refractivity contribution in [1.29, 1.82) is 0 Å². The maximum atomic E-state index is 13.0. The lowest BCUT2D eigenvalue weighted by Gasteiger charge is -2.18. The number of unbranched alkanes of at least 4 members (excludes halogenated alkanes) is 1. The molecule has 3 aromatic carbocycles. The Morgan fingerprint density at radius 1 is 0.973 bits per heavy atom. The summed E-state index contributed by atoms with van der Waals surface area (Å²) in [4.78, 5) is 19.9. The largest absolute Gasteiger partial charge is 0.493 e. The van der Waals surface area contributed by atoms with Crippen LogP contribution in [0.1, 0.15) is 67.5 Å². The Hall–Kier alpha value is -3.60. The predicted octanol–water partition coefficient (Wildman–Crippen LogP) is 7.16. The maximum Gasteiger partial charge on any atom is 0.227 e. The number of nitrogens with zero attached hydrogens (tertiary/aromatic N) is 3. The molecule has 4 aromatic rings. The average Bonchev–Trinajstić information content (AvgIpc) is 3.44. The fourth-order valence-electron chi connectivity index (χ4n) is 5.36. The number of anilines is 1. The van der Waals surface area contributed by atoms with Gasteiger partial charge >= 0.3 is 0 Å². The molecule has 5 rings (SSSR count). The van der Waals surface area contributed by atoms with E-state index in [1.165, 1.54) is 11.1 Å². The van der Waals surface area contributed by atoms with E-state index in [4.69, 9.17) is 9.72 Å². The zero-order chi connectivity index (χ0) is 25.9. The highest BCUT2D eigenvalue weighted by Crippen LogP contribution is 2.34. The number of carbonyl (C=O) groups excluding carboxylic acids is 1. The van der Waals surface area contributed by atoms with Gasteiger partial charge in [-0.05, 0) is 79.6 Å². The lowest BCUT2D eigenvalue weighted by Crippen LogP contribution is -2.24. The zero-order valence-electron chi connectivity index (χ0n) is 22.4. The van der Waals surface area contributed by atoms with Crippen molar-refractivity contribution in [3.63, 3.8) is 0 Å². The summed E-state index contributed by atoms with van der Waals surface area (Å²) >= 11 is 0. The molecule has 0 aliphatic carbocycles. The topological polar surface area (TPSA) is 47.4 Å². The summed E-state index contributed by atoms with van der Waals surface area (Å²) in [6.45, 7) is 10.8. The lowest BCUT2D eigenvalue weighted by molar-refractivity contribution is -0.117. The molecule has 1 fully saturated rings. The van der Waals surface area contributed by atoms with Crippen LogP contribution in [-0.4, -0.2) is 28.6 Å². The molecule has 37 heavy (non-hydrogen) atoms. The minimum atomic E-state index is 0.0811. The maximum absolute atomic E-state index is 13.0. The summed E-state index contributed by atoms with van der Waals surface area (Å²) in [7, 11) is 0. The highest BCUT2D eigenvalue weighted by atomic mass is 16.5. The van der Waals surface area contributed by atoms with Crippen LogP contribution in [0.15, 0.2) is 66.7 Å². The van der Waals surface area contributed by atoms with Gasteiger partial charge < -0.3 is 14.2 Å². The Bertz CT molecular complexity index is 1400. The summed E-state index contributed by atoms with van der Waals surface area (Å²) in [5.41, 5.74) is 6.76. The Morgan fingerprint density at radius 3 is 2.59 bits per heavy atom. The Morgan fingerprint density at radius 2 is 1.78 bits per heavy atom. The molecule has 1 saturated heterocycles. The van der Waals surface area contributed by atoms with Gasteiger partial charge in [-0.3, -0.25) is 4.79 Å². The van der Waals surface area contributed by atoms with E-state index in [-0.39, 0.29) is 11.8 Å². The molecule has 0 N–H and O–H groups in total. The second kappa shape index (κ2) is 10.8. The van der Waals surface area contributed by atoms with E-state index in [9.17, 15) is 4.79 Å². The molecule has 0 radical (unpaired) electrons. The molecule has 0 bridgehead atoms. The number of hydrogen-bond donors (Lipinski definition) is 0. The van der Waals surface area contributed by atoms with Crippen LogP contribution in [0.25, 0.3) is 11.0 Å². The van der Waals surface area contributed by atoms with Gasteiger partial charge in [0.25, 0.3) is 0 Å². The molecule has 5 nitrogen and oxygen atoms in total. The fourth-order valence-corrected chi connectivity index (χ4v) is 5.36. The summed E-state index contributed by atoms with van der Waals surface area (Å²) in [6.07, 6.45) is 2.43. The zero-order valence-corrected chi connectivity index (χ0v) is 22.4. The van der Waals surface area contributed by atoms with E-state index in [0.29, 0.717) is 25.5 Å². The minimum Gasteiger partial charge on any atom is -0.493 e. The standard InChI is InChI=1S/C32H37N3O2/c1-22(2)27-15-14-24(4)19-30(27)37-17-8-7-16-34-29-13-6-5-12-28(29)33-32(34)25-20-31(36)35(21-25)26-11-9-10-23(3)18-26/h5-6,9-15,18-19,22,25H,7-8,16-17,20-21H2,1-4H3. The van der Waals surface area contributed by atoms with Gasteiger partial charge in [-0.15, -0.1) is 0 Å². The van der Waals surface area contributed by atoms with Crippen LogP contribution in [-0.2, 0) is 11.3 Å². The number of amides is 1. The van der Waals surface area contributed by atoms with E-state index in [0.717, 1.165) is 53.2 Å². The molecule has 5 heteroatoms. The van der Waals surface area contributed by atoms with Crippen LogP contribution in [0.4, 0.5) is 5.69 Å². The van der Waals surface area contributed by atoms with Crippen molar-refractivity contribution in [2.75, 3.05) is 18.1 Å². The van der Waals surface area contributed by atoms with Crippen LogP contribution >= 0.6 is 0 Å². The van der Waals surface area contributed by atoms with Crippen molar-refractivity contribution >= 4 is 22.6 Å². The number of rotatable bonds is 9. The molecule has 0 saturated carbocycles. The number of aromatic nitrogens is 2. The molecule has 192 valence electrons. The number of hydrogen-bond acceptors (Lipinski definition) is 3. The third-order valence-corrected chi connectivity index (χ3v) is 7.31. The van der Waals surface area contributed by atoms with Crippen molar-refractivity contribution in [3.8, 4) is 5.75 Å². The smallest absolute Gasteiger partial charge is 0.227 e. The molecular formula is C32H37N3O2. The Kier molecular flexibility index (Phi) is 7.31. The van der Waals surface area contributed by atoms with Crippen molar-refractivity contribution in [2.24, 2.45) is 0 Å². The van der Waals surface area contributed by atoms with Crippen LogP contribution in [0.2, 0.25) is 0 Å². The Labute approximate surface area is 220 Å². The highest BCUT2D eigenvalue weighted by Gasteiger charge is 2.34. The number of aryl methyl sites for hydroxylation is 3. The SMILES string of the molecule is Cc1cccc(N2CC(c3nc4ccccc4n3CCCCOc3cc(C)ccc3C(C)C)CC2=O)c1. The predicted molar refractivity (Wildman–Crippen MR) is 151 cm³/mol. The molecule has 1 aromatic heterocycles. The summed E-state index contributed by atoms with van der Waals surface area (Å²) in [5.74, 6) is 2.71. The highest BCUT2D eigenvalue weighted by molar-refractivity contribution is 5.96. The molecule has 0 spiro atoms. The van der Waals surface area contributed by atoms with E-state index in [1.807, 2.05) is 23.1 Å². The second-order valence-electron chi connectivity index (χ2n) is 10.6. The first-order valence-electron chi connectivity index (χ1n) is 13.5. The molecule has 2 heterocycles. The third-order valence-electron chi connectivity index (χ3n) is 7.31. The van der Waals surface area contributed by atoms with Crippen molar-refractivity contribution in [2.45, 2.75) is 65.3 Å². The third kappa shape index (κ3) is 5.41. The van der Waals surface area contributed by atoms with Crippen LogP contribution in [0, 0.1) is 13.8 Å². The number of benzene rings is 3. The number of imidazole rings is 1. The summed E-state index contributed by atoms with van der Waals surface area (Å²) in [5, 5.41) is 0. The quantitative estimate of drug-likeness (QED) is 0.232. The van der Waals surface area contributed by atoms with E-state index >= 15 is 0 Å². The number of para-hydroxylation sites is 2. The van der Waals surface area contributed by atoms with E-state index < -0.39 is 0 Å². The van der Waals surface area contributed by atoms with E-state index in [2.05, 4.69) is 80.8 Å². The van der Waals surface area contributed by atoms with E-state index in [1.54, 1.807) is 0 Å². The van der Waals surface area contributed by atoms with Crippen LogP contribution < -0.4 is 9.64 Å². The molecule has 1 unspecified atom stereocenters. The van der Waals surface area contributed by atoms with Gasteiger partial charge in [-0.25, -0.2) is 4.98 Å². The van der Waals surface area contributed by atoms with Crippen LogP contribution in [0.5, 0.6) is 5.75 Å². The first kappa shape index (κ1) is 25.1. The minimum absolute atomic E-state index is 0.0811. The fraction of sp³-hybridized carbons (Fsp3) is 0.375. The summed E-state index contributed by atoms with van der Waals surface area (Å²) in [6, 6.07) is 23.0. The monoisotopic (exact) mass is 495 g/mol. The van der Waals surface area contributed by atoms with Gasteiger partial charge in [0, 0.05) is 31.1 Å². The molecule has 1 aliphatic heterocycles. The number of ether oxygens (including phenoxy) is 1. The van der Waals surface area contributed by atoms with Gasteiger partial charge in [-0.1, -0.05) is 50.2 Å². The second-order valence-corrected chi connectivity index (χ2v) is 10.6. The number of carbonyl (C=O) groups is 1. The van der Waals surface area contributed by atoms with Crippen LogP contribution in [0.3, 0.4) is 0 Å². The van der Waals surface area contributed by atoms with Crippen molar-refractivity contribution < 1.29 is 9.53 Å². The number of fused-ring (bicyclic) bond motifs is 1. The van der Waals surface area contributed by atoms with Gasteiger partial charge in [0.15, 0.2) is 0 Å². The summed E-state index contributed by atoms with van der Waals surface area (Å²) < 4.78 is 8.56. The Balaban J connectivity index is 1.29. The molecule has 1 atom stereocenters. The lowest BCUT2D eigenvalue weighted by atomic mass is 10.0. The van der Waals surface area contributed by atoms with Crippen molar-refractivity contribution in [1.82, 2.24) is 9.55 Å². The normalized spacial score (nSPS) is 15.8. The van der Waals surface area contributed by atoms with Gasteiger partial charge in [-0.2, -0.15) is 0 Å². The first-order chi connectivity index (χ1) is 17.9. The average molecular weight is 496 g/mol. The van der Waals surface area contributed by atoms with Gasteiger partial charge in [0.1, 0.15) is 11.6 Å². The molecule has 1 amide bonds. The van der Waals surface area contributed by atoms with Gasteiger partial charge in [0.05, 0.1) is 17.6 Å².